The van der Waals surface area contributed by atoms with Gasteiger partial charge in [0.05, 0.1) is 0 Å². The average Bonchev–Trinajstić information content (AvgIpc) is 2.29. The van der Waals surface area contributed by atoms with Crippen molar-refractivity contribution in [2.75, 3.05) is 13.1 Å². The van der Waals surface area contributed by atoms with Gasteiger partial charge in [-0.1, -0.05) is 32.9 Å². The highest BCUT2D eigenvalue weighted by Gasteiger charge is 2.17. The molecule has 0 unspecified atom stereocenters. The van der Waals surface area contributed by atoms with Gasteiger partial charge in [-0.3, -0.25) is 4.90 Å². The van der Waals surface area contributed by atoms with Crippen molar-refractivity contribution >= 4 is 12.6 Å². The van der Waals surface area contributed by atoms with Crippen LogP contribution in [0.5, 0.6) is 0 Å². The first-order valence-corrected chi connectivity index (χ1v) is 6.30. The SMILES string of the molecule is CCN(Cc1ccc(F)c(B(O)O)c1)CC(C)C. The summed E-state index contributed by atoms with van der Waals surface area (Å²) in [5.74, 6) is -0.0195. The van der Waals surface area contributed by atoms with Crippen molar-refractivity contribution in [1.29, 1.82) is 0 Å². The van der Waals surface area contributed by atoms with E-state index in [2.05, 4.69) is 25.7 Å². The minimum absolute atomic E-state index is 0.0619. The summed E-state index contributed by atoms with van der Waals surface area (Å²) >= 11 is 0. The second kappa shape index (κ2) is 6.88. The summed E-state index contributed by atoms with van der Waals surface area (Å²) < 4.78 is 13.3. The summed E-state index contributed by atoms with van der Waals surface area (Å²) in [5.41, 5.74) is 0.829. The van der Waals surface area contributed by atoms with Crippen LogP contribution < -0.4 is 5.46 Å². The molecule has 0 heterocycles. The lowest BCUT2D eigenvalue weighted by molar-refractivity contribution is 0.248. The third kappa shape index (κ3) is 4.40. The fourth-order valence-corrected chi connectivity index (χ4v) is 1.97. The molecule has 0 atom stereocenters. The quantitative estimate of drug-likeness (QED) is 0.743. The Morgan fingerprint density at radius 1 is 1.33 bits per heavy atom. The summed E-state index contributed by atoms with van der Waals surface area (Å²) in [6.07, 6.45) is 0. The van der Waals surface area contributed by atoms with E-state index >= 15 is 0 Å². The predicted molar refractivity (Wildman–Crippen MR) is 72.0 cm³/mol. The molecule has 0 saturated carbocycles. The normalized spacial score (nSPS) is 11.3. The third-order valence-electron chi connectivity index (χ3n) is 2.82. The lowest BCUT2D eigenvalue weighted by Gasteiger charge is -2.22. The minimum Gasteiger partial charge on any atom is -0.423 e. The van der Waals surface area contributed by atoms with Gasteiger partial charge in [0, 0.05) is 18.6 Å². The van der Waals surface area contributed by atoms with Crippen LogP contribution in [0.3, 0.4) is 0 Å². The monoisotopic (exact) mass is 253 g/mol. The van der Waals surface area contributed by atoms with Crippen molar-refractivity contribution in [1.82, 2.24) is 4.90 Å². The molecule has 0 radical (unpaired) electrons. The molecular weight excluding hydrogens is 232 g/mol. The van der Waals surface area contributed by atoms with E-state index < -0.39 is 12.9 Å². The van der Waals surface area contributed by atoms with Crippen LogP contribution >= 0.6 is 0 Å². The van der Waals surface area contributed by atoms with Gasteiger partial charge in [-0.15, -0.1) is 0 Å². The van der Waals surface area contributed by atoms with E-state index in [0.29, 0.717) is 12.5 Å². The van der Waals surface area contributed by atoms with Gasteiger partial charge in [-0.25, -0.2) is 4.39 Å². The molecule has 3 nitrogen and oxygen atoms in total. The molecule has 0 aliphatic heterocycles. The fraction of sp³-hybridized carbons (Fsp3) is 0.538. The van der Waals surface area contributed by atoms with E-state index in [1.165, 1.54) is 12.1 Å². The number of nitrogens with zero attached hydrogens (tertiary/aromatic N) is 1. The van der Waals surface area contributed by atoms with E-state index in [-0.39, 0.29) is 5.46 Å². The second-order valence-corrected chi connectivity index (χ2v) is 4.95. The predicted octanol–water partition coefficient (Wildman–Crippen LogP) is 0.983. The van der Waals surface area contributed by atoms with Crippen molar-refractivity contribution in [3.05, 3.63) is 29.6 Å². The molecule has 0 aliphatic carbocycles. The lowest BCUT2D eigenvalue weighted by atomic mass is 9.79. The van der Waals surface area contributed by atoms with Gasteiger partial charge in [-0.05, 0) is 24.1 Å². The number of hydrogen-bond acceptors (Lipinski definition) is 3. The van der Waals surface area contributed by atoms with Crippen LogP contribution in [0.15, 0.2) is 18.2 Å². The number of benzene rings is 1. The molecule has 18 heavy (non-hydrogen) atoms. The first-order valence-electron chi connectivity index (χ1n) is 6.30. The zero-order valence-electron chi connectivity index (χ0n) is 11.2. The number of halogens is 1. The topological polar surface area (TPSA) is 43.7 Å². The maximum absolute atomic E-state index is 13.3. The van der Waals surface area contributed by atoms with Crippen LogP contribution in [0.1, 0.15) is 26.3 Å². The summed E-state index contributed by atoms with van der Waals surface area (Å²) in [7, 11) is -1.76. The standard InChI is InChI=1S/C13H21BFNO2/c1-4-16(8-10(2)3)9-11-5-6-13(15)12(7-11)14(17)18/h5-7,10,17-18H,4,8-9H2,1-3H3. The van der Waals surface area contributed by atoms with Crippen LogP contribution in [0.2, 0.25) is 0 Å². The second-order valence-electron chi connectivity index (χ2n) is 4.95. The molecule has 0 amide bonds. The molecule has 0 fully saturated rings. The summed E-state index contributed by atoms with van der Waals surface area (Å²) in [5, 5.41) is 18.1. The van der Waals surface area contributed by atoms with Crippen LogP contribution in [-0.2, 0) is 6.54 Å². The van der Waals surface area contributed by atoms with E-state index in [4.69, 9.17) is 10.0 Å². The Bertz CT molecular complexity index is 385. The van der Waals surface area contributed by atoms with Gasteiger partial charge in [0.2, 0.25) is 0 Å². The van der Waals surface area contributed by atoms with E-state index in [9.17, 15) is 4.39 Å². The van der Waals surface area contributed by atoms with E-state index in [1.54, 1.807) is 6.07 Å². The Labute approximate surface area is 108 Å². The highest BCUT2D eigenvalue weighted by Crippen LogP contribution is 2.08. The average molecular weight is 253 g/mol. The Kier molecular flexibility index (Phi) is 5.79. The van der Waals surface area contributed by atoms with Gasteiger partial charge >= 0.3 is 7.12 Å². The van der Waals surface area contributed by atoms with Crippen LogP contribution in [0, 0.1) is 11.7 Å². The van der Waals surface area contributed by atoms with Crippen LogP contribution in [-0.4, -0.2) is 35.2 Å². The molecule has 1 rings (SSSR count). The molecule has 0 bridgehead atoms. The third-order valence-corrected chi connectivity index (χ3v) is 2.82. The molecule has 1 aromatic carbocycles. The van der Waals surface area contributed by atoms with Crippen molar-refractivity contribution in [3.8, 4) is 0 Å². The Hall–Kier alpha value is -0.905. The molecule has 5 heteroatoms. The van der Waals surface area contributed by atoms with E-state index in [1.807, 2.05) is 0 Å². The molecule has 0 spiro atoms. The highest BCUT2D eigenvalue weighted by atomic mass is 19.1. The maximum atomic E-state index is 13.3. The van der Waals surface area contributed by atoms with E-state index in [0.717, 1.165) is 18.7 Å². The molecule has 2 N–H and O–H groups in total. The number of rotatable bonds is 6. The maximum Gasteiger partial charge on any atom is 0.491 e. The highest BCUT2D eigenvalue weighted by molar-refractivity contribution is 6.58. The van der Waals surface area contributed by atoms with Gasteiger partial charge in [0.1, 0.15) is 5.82 Å². The zero-order valence-corrected chi connectivity index (χ0v) is 11.2. The molecule has 100 valence electrons. The molecule has 0 aliphatic rings. The van der Waals surface area contributed by atoms with Gasteiger partial charge in [0.25, 0.3) is 0 Å². The molecule has 0 saturated heterocycles. The largest absolute Gasteiger partial charge is 0.491 e. The Morgan fingerprint density at radius 2 is 2.00 bits per heavy atom. The van der Waals surface area contributed by atoms with Gasteiger partial charge < -0.3 is 10.0 Å². The van der Waals surface area contributed by atoms with Crippen molar-refractivity contribution in [2.45, 2.75) is 27.3 Å². The van der Waals surface area contributed by atoms with Gasteiger partial charge in [-0.2, -0.15) is 0 Å². The van der Waals surface area contributed by atoms with Crippen LogP contribution in [0.4, 0.5) is 4.39 Å². The zero-order chi connectivity index (χ0) is 13.7. The fourth-order valence-electron chi connectivity index (χ4n) is 1.97. The van der Waals surface area contributed by atoms with Crippen molar-refractivity contribution in [3.63, 3.8) is 0 Å². The first-order chi connectivity index (χ1) is 8.43. The molecular formula is C13H21BFNO2. The molecule has 0 aromatic heterocycles. The van der Waals surface area contributed by atoms with Gasteiger partial charge in [0.15, 0.2) is 0 Å². The summed E-state index contributed by atoms with van der Waals surface area (Å²) in [4.78, 5) is 2.24. The Morgan fingerprint density at radius 3 is 2.50 bits per heavy atom. The summed E-state index contributed by atoms with van der Waals surface area (Å²) in [6, 6.07) is 4.49. The van der Waals surface area contributed by atoms with Crippen molar-refractivity contribution < 1.29 is 14.4 Å². The van der Waals surface area contributed by atoms with Crippen LogP contribution in [0.25, 0.3) is 0 Å². The molecule has 1 aromatic rings. The smallest absolute Gasteiger partial charge is 0.423 e. The minimum atomic E-state index is -1.76. The van der Waals surface area contributed by atoms with Crippen molar-refractivity contribution in [2.24, 2.45) is 5.92 Å². The summed E-state index contributed by atoms with van der Waals surface area (Å²) in [6.45, 7) is 8.94. The first kappa shape index (κ1) is 15.2. The number of hydrogen-bond donors (Lipinski definition) is 2. The Balaban J connectivity index is 2.80. The lowest BCUT2D eigenvalue weighted by Crippen LogP contribution is -2.34.